The van der Waals surface area contributed by atoms with Crippen molar-refractivity contribution in [2.75, 3.05) is 6.54 Å². The van der Waals surface area contributed by atoms with E-state index in [0.717, 1.165) is 0 Å². The Balaban J connectivity index is 2.54. The van der Waals surface area contributed by atoms with Crippen LogP contribution in [0.1, 0.15) is 27.6 Å². The van der Waals surface area contributed by atoms with Crippen molar-refractivity contribution in [1.82, 2.24) is 19.2 Å². The van der Waals surface area contributed by atoms with Crippen molar-refractivity contribution in [3.05, 3.63) is 28.9 Å². The van der Waals surface area contributed by atoms with E-state index in [9.17, 15) is 13.2 Å². The fourth-order valence-electron chi connectivity index (χ4n) is 2.09. The number of amides is 1. The number of hydrogen-bond donors (Lipinski definition) is 0. The quantitative estimate of drug-likeness (QED) is 0.766. The van der Waals surface area contributed by atoms with Crippen LogP contribution < -0.4 is 0 Å². The number of carbonyl (C=O) groups excluding carboxylic acids is 1. The zero-order chi connectivity index (χ0) is 17.4. The third-order valence-electron chi connectivity index (χ3n) is 3.31. The summed E-state index contributed by atoms with van der Waals surface area (Å²) in [4.78, 5) is 12.4. The summed E-state index contributed by atoms with van der Waals surface area (Å²) in [6.07, 6.45) is 5.23. The summed E-state index contributed by atoms with van der Waals surface area (Å²) in [6, 6.07) is 1.49. The molecule has 2 heterocycles. The predicted octanol–water partition coefficient (Wildman–Crippen LogP) is 0.798. The van der Waals surface area contributed by atoms with Crippen LogP contribution in [0.2, 0.25) is 0 Å². The largest absolute Gasteiger partial charge is 0.360 e. The lowest BCUT2D eigenvalue weighted by atomic mass is 10.3. The van der Waals surface area contributed by atoms with Crippen LogP contribution in [0.4, 0.5) is 0 Å². The Bertz CT molecular complexity index is 863. The highest BCUT2D eigenvalue weighted by Gasteiger charge is 2.35. The first-order valence-corrected chi connectivity index (χ1v) is 8.08. The van der Waals surface area contributed by atoms with Crippen LogP contribution >= 0.6 is 0 Å². The smallest absolute Gasteiger partial charge is 0.289 e. The van der Waals surface area contributed by atoms with E-state index in [0.29, 0.717) is 10.00 Å². The van der Waals surface area contributed by atoms with Crippen molar-refractivity contribution in [3.63, 3.8) is 0 Å². The van der Waals surface area contributed by atoms with Crippen molar-refractivity contribution < 1.29 is 17.7 Å². The fraction of sp³-hybridized carbons (Fsp3) is 0.357. The minimum Gasteiger partial charge on any atom is -0.360 e. The van der Waals surface area contributed by atoms with Crippen LogP contribution in [0.5, 0.6) is 0 Å². The fourth-order valence-corrected chi connectivity index (χ4v) is 3.68. The molecule has 0 saturated heterocycles. The maximum Gasteiger partial charge on any atom is 0.289 e. The first-order chi connectivity index (χ1) is 10.7. The molecule has 0 aliphatic rings. The molecule has 2 rings (SSSR count). The molecule has 23 heavy (non-hydrogen) atoms. The number of hydrogen-bond acceptors (Lipinski definition) is 6. The summed E-state index contributed by atoms with van der Waals surface area (Å²) in [5.74, 6) is 1.48. The van der Waals surface area contributed by atoms with E-state index >= 15 is 0 Å². The molecule has 1 amide bonds. The molecule has 0 unspecified atom stereocenters. The molecular formula is C14H16N4O4S. The first-order valence-electron chi connectivity index (χ1n) is 6.64. The molecule has 0 aromatic carbocycles. The Hall–Kier alpha value is -2.60. The van der Waals surface area contributed by atoms with Gasteiger partial charge >= 0.3 is 0 Å². The molecule has 2 aromatic rings. The normalized spacial score (nSPS) is 11.3. The molecule has 0 radical (unpaired) electrons. The van der Waals surface area contributed by atoms with Crippen molar-refractivity contribution in [2.45, 2.75) is 25.7 Å². The topological polar surface area (TPSA) is 98.3 Å². The number of aryl methyl sites for hydroxylation is 4. The highest BCUT2D eigenvalue weighted by atomic mass is 32.2. The summed E-state index contributed by atoms with van der Waals surface area (Å²) >= 11 is 0. The van der Waals surface area contributed by atoms with Gasteiger partial charge in [-0.05, 0) is 26.8 Å². The summed E-state index contributed by atoms with van der Waals surface area (Å²) < 4.78 is 32.6. The Morgan fingerprint density at radius 3 is 2.52 bits per heavy atom. The van der Waals surface area contributed by atoms with E-state index < -0.39 is 22.5 Å². The third kappa shape index (κ3) is 2.85. The van der Waals surface area contributed by atoms with E-state index in [1.165, 1.54) is 24.6 Å². The molecule has 0 atom stereocenters. The van der Waals surface area contributed by atoms with E-state index in [1.54, 1.807) is 14.0 Å². The number of nitrogens with zero attached hydrogens (tertiary/aromatic N) is 4. The van der Waals surface area contributed by atoms with Gasteiger partial charge in [-0.25, -0.2) is 12.7 Å². The van der Waals surface area contributed by atoms with Gasteiger partial charge in [0.25, 0.3) is 15.9 Å². The molecule has 2 aromatic heterocycles. The standard InChI is InChI=1S/C14H16N4O4S/c1-6-7-18(14(19)12-8-9(2)17(5)15-12)23(20,21)13-10(3)16-22-11(13)4/h1,8H,7H2,2-5H3. The maximum atomic E-state index is 12.8. The molecule has 8 nitrogen and oxygen atoms in total. The van der Waals surface area contributed by atoms with Crippen LogP contribution in [0, 0.1) is 33.1 Å². The Morgan fingerprint density at radius 2 is 2.09 bits per heavy atom. The van der Waals surface area contributed by atoms with E-state index in [-0.39, 0.29) is 22.0 Å². The average molecular weight is 336 g/mol. The number of aromatic nitrogens is 3. The minimum atomic E-state index is -4.20. The van der Waals surface area contributed by atoms with E-state index in [1.807, 2.05) is 0 Å². The summed E-state index contributed by atoms with van der Waals surface area (Å²) in [6.45, 7) is 4.27. The summed E-state index contributed by atoms with van der Waals surface area (Å²) in [5.41, 5.74) is 0.869. The van der Waals surface area contributed by atoms with Gasteiger partial charge in [0.1, 0.15) is 5.69 Å². The van der Waals surface area contributed by atoms with Gasteiger partial charge in [0, 0.05) is 12.7 Å². The number of carbonyl (C=O) groups is 1. The van der Waals surface area contributed by atoms with Crippen LogP contribution in [-0.2, 0) is 17.1 Å². The SMILES string of the molecule is C#CCN(C(=O)c1cc(C)n(C)n1)S(=O)(=O)c1c(C)noc1C. The number of rotatable bonds is 4. The molecular weight excluding hydrogens is 320 g/mol. The van der Waals surface area contributed by atoms with Gasteiger partial charge < -0.3 is 4.52 Å². The summed E-state index contributed by atoms with van der Waals surface area (Å²) in [5, 5.41) is 7.62. The van der Waals surface area contributed by atoms with Crippen molar-refractivity contribution in [3.8, 4) is 12.3 Å². The monoisotopic (exact) mass is 336 g/mol. The van der Waals surface area contributed by atoms with E-state index in [2.05, 4.69) is 16.2 Å². The first kappa shape index (κ1) is 16.8. The van der Waals surface area contributed by atoms with Crippen molar-refractivity contribution in [2.24, 2.45) is 7.05 Å². The maximum absolute atomic E-state index is 12.8. The second-order valence-corrected chi connectivity index (χ2v) is 6.77. The number of terminal acetylenes is 1. The lowest BCUT2D eigenvalue weighted by Gasteiger charge is -2.18. The van der Waals surface area contributed by atoms with Gasteiger partial charge in [-0.15, -0.1) is 6.42 Å². The van der Waals surface area contributed by atoms with Crippen LogP contribution in [0.25, 0.3) is 0 Å². The summed E-state index contributed by atoms with van der Waals surface area (Å²) in [7, 11) is -2.54. The van der Waals surface area contributed by atoms with Gasteiger partial charge in [-0.1, -0.05) is 11.1 Å². The Labute approximate surface area is 134 Å². The zero-order valence-electron chi connectivity index (χ0n) is 13.2. The lowest BCUT2D eigenvalue weighted by Crippen LogP contribution is -2.38. The Morgan fingerprint density at radius 1 is 1.43 bits per heavy atom. The van der Waals surface area contributed by atoms with Crippen molar-refractivity contribution >= 4 is 15.9 Å². The highest BCUT2D eigenvalue weighted by molar-refractivity contribution is 7.89. The molecule has 9 heteroatoms. The molecule has 0 N–H and O–H groups in total. The van der Waals surface area contributed by atoms with E-state index in [4.69, 9.17) is 10.9 Å². The van der Waals surface area contributed by atoms with Gasteiger partial charge in [0.2, 0.25) is 0 Å². The van der Waals surface area contributed by atoms with Gasteiger partial charge in [-0.2, -0.15) is 5.10 Å². The molecule has 0 aliphatic carbocycles. The van der Waals surface area contributed by atoms with Crippen LogP contribution in [0.15, 0.2) is 15.5 Å². The molecule has 0 bridgehead atoms. The molecule has 0 saturated carbocycles. The van der Waals surface area contributed by atoms with Gasteiger partial charge in [0.05, 0.1) is 6.54 Å². The molecule has 122 valence electrons. The van der Waals surface area contributed by atoms with Crippen LogP contribution in [0.3, 0.4) is 0 Å². The molecule has 0 aliphatic heterocycles. The second kappa shape index (κ2) is 5.89. The highest BCUT2D eigenvalue weighted by Crippen LogP contribution is 2.24. The molecule has 0 fully saturated rings. The average Bonchev–Trinajstić information content (AvgIpc) is 2.98. The zero-order valence-corrected chi connectivity index (χ0v) is 14.0. The van der Waals surface area contributed by atoms with Crippen molar-refractivity contribution in [1.29, 1.82) is 0 Å². The van der Waals surface area contributed by atoms with Crippen LogP contribution in [-0.4, -0.2) is 40.1 Å². The predicted molar refractivity (Wildman–Crippen MR) is 81.0 cm³/mol. The molecule has 0 spiro atoms. The van der Waals surface area contributed by atoms with Gasteiger partial charge in [0.15, 0.2) is 16.3 Å². The Kier molecular flexibility index (Phi) is 4.29. The third-order valence-corrected chi connectivity index (χ3v) is 5.28. The minimum absolute atomic E-state index is 0.00409. The van der Waals surface area contributed by atoms with Gasteiger partial charge in [-0.3, -0.25) is 9.48 Å². The second-order valence-electron chi connectivity index (χ2n) is 4.97. The number of sulfonamides is 1. The lowest BCUT2D eigenvalue weighted by molar-refractivity contribution is 0.0866.